The van der Waals surface area contributed by atoms with Crippen molar-refractivity contribution < 1.29 is 29.5 Å². The molecule has 174 valence electrons. The molecule has 0 amide bonds. The Labute approximate surface area is 190 Å². The molecule has 0 aromatic heterocycles. The fourth-order valence-electron chi connectivity index (χ4n) is 3.70. The first-order valence-corrected chi connectivity index (χ1v) is 11.2. The van der Waals surface area contributed by atoms with Crippen LogP contribution in [0.4, 0.5) is 0 Å². The average Bonchev–Trinajstić information content (AvgIpc) is 2.83. The lowest BCUT2D eigenvalue weighted by molar-refractivity contribution is -0.300. The van der Waals surface area contributed by atoms with Crippen LogP contribution in [0.5, 0.6) is 0 Å². The Bertz CT molecular complexity index is 808. The molecule has 2 aromatic carbocycles. The summed E-state index contributed by atoms with van der Waals surface area (Å²) in [5.41, 5.74) is 2.03. The minimum atomic E-state index is -1.89. The first kappa shape index (κ1) is 24.6. The summed E-state index contributed by atoms with van der Waals surface area (Å²) in [6.07, 6.45) is 1.83. The van der Waals surface area contributed by atoms with Crippen LogP contribution in [0.3, 0.4) is 0 Å². The molecule has 0 aliphatic carbocycles. The molecule has 6 heteroatoms. The van der Waals surface area contributed by atoms with Crippen molar-refractivity contribution in [2.75, 3.05) is 19.8 Å². The largest absolute Gasteiger partial charge is 0.396 e. The van der Waals surface area contributed by atoms with E-state index < -0.39 is 18.0 Å². The molecule has 1 saturated heterocycles. The third-order valence-electron chi connectivity index (χ3n) is 5.82. The van der Waals surface area contributed by atoms with Crippen LogP contribution in [0.15, 0.2) is 72.8 Å². The van der Waals surface area contributed by atoms with Crippen LogP contribution < -0.4 is 0 Å². The molecular formula is C26H34O6. The highest BCUT2D eigenvalue weighted by atomic mass is 16.6. The van der Waals surface area contributed by atoms with Crippen molar-refractivity contribution in [1.29, 1.82) is 0 Å². The van der Waals surface area contributed by atoms with Crippen molar-refractivity contribution in [1.82, 2.24) is 0 Å². The molecule has 1 fully saturated rings. The van der Waals surface area contributed by atoms with Crippen molar-refractivity contribution in [2.24, 2.45) is 11.8 Å². The summed E-state index contributed by atoms with van der Waals surface area (Å²) in [5, 5.41) is 31.5. The number of aliphatic hydroxyl groups excluding tert-OH is 2. The quantitative estimate of drug-likeness (QED) is 0.464. The van der Waals surface area contributed by atoms with Crippen molar-refractivity contribution in [3.8, 4) is 0 Å². The van der Waals surface area contributed by atoms with E-state index in [1.165, 1.54) is 6.08 Å². The summed E-state index contributed by atoms with van der Waals surface area (Å²) < 4.78 is 17.7. The molecule has 5 atom stereocenters. The molecule has 0 radical (unpaired) electrons. The predicted octanol–water partition coefficient (Wildman–Crippen LogP) is 3.06. The van der Waals surface area contributed by atoms with E-state index in [0.717, 1.165) is 11.1 Å². The van der Waals surface area contributed by atoms with Gasteiger partial charge < -0.3 is 29.5 Å². The van der Waals surface area contributed by atoms with Gasteiger partial charge in [0.25, 0.3) is 0 Å². The Morgan fingerprint density at radius 2 is 1.69 bits per heavy atom. The predicted molar refractivity (Wildman–Crippen MR) is 122 cm³/mol. The molecule has 3 rings (SSSR count). The van der Waals surface area contributed by atoms with E-state index in [-0.39, 0.29) is 25.0 Å². The molecule has 0 saturated carbocycles. The maximum Gasteiger partial charge on any atom is 0.214 e. The number of benzene rings is 2. The first-order chi connectivity index (χ1) is 15.6. The van der Waals surface area contributed by atoms with Gasteiger partial charge in [0.1, 0.15) is 6.10 Å². The van der Waals surface area contributed by atoms with Crippen LogP contribution in [0.1, 0.15) is 24.5 Å². The second-order valence-corrected chi connectivity index (χ2v) is 8.24. The van der Waals surface area contributed by atoms with Gasteiger partial charge >= 0.3 is 0 Å². The van der Waals surface area contributed by atoms with Gasteiger partial charge in [-0.3, -0.25) is 0 Å². The highest BCUT2D eigenvalue weighted by Crippen LogP contribution is 2.32. The zero-order valence-corrected chi connectivity index (χ0v) is 18.5. The van der Waals surface area contributed by atoms with Gasteiger partial charge in [-0.2, -0.15) is 0 Å². The third-order valence-corrected chi connectivity index (χ3v) is 5.82. The van der Waals surface area contributed by atoms with E-state index in [1.807, 2.05) is 67.6 Å². The topological polar surface area (TPSA) is 88.4 Å². The van der Waals surface area contributed by atoms with Crippen molar-refractivity contribution in [3.63, 3.8) is 0 Å². The van der Waals surface area contributed by atoms with E-state index in [2.05, 4.69) is 0 Å². The highest BCUT2D eigenvalue weighted by molar-refractivity contribution is 5.14. The van der Waals surface area contributed by atoms with E-state index in [0.29, 0.717) is 26.2 Å². The summed E-state index contributed by atoms with van der Waals surface area (Å²) in [6.45, 7) is 3.13. The van der Waals surface area contributed by atoms with Crippen LogP contribution in [0.2, 0.25) is 0 Å². The minimum absolute atomic E-state index is 0.0386. The van der Waals surface area contributed by atoms with Crippen LogP contribution >= 0.6 is 0 Å². The van der Waals surface area contributed by atoms with Gasteiger partial charge in [-0.1, -0.05) is 73.7 Å². The van der Waals surface area contributed by atoms with Gasteiger partial charge in [0.15, 0.2) is 0 Å². The maximum absolute atomic E-state index is 11.0. The van der Waals surface area contributed by atoms with Gasteiger partial charge in [-0.05, 0) is 29.5 Å². The zero-order chi connectivity index (χ0) is 22.8. The molecule has 6 nitrogen and oxygen atoms in total. The zero-order valence-electron chi connectivity index (χ0n) is 18.5. The van der Waals surface area contributed by atoms with Crippen molar-refractivity contribution in [3.05, 3.63) is 83.9 Å². The second kappa shape index (κ2) is 12.3. The number of rotatable bonds is 11. The summed E-state index contributed by atoms with van der Waals surface area (Å²) in [6, 6.07) is 19.5. The van der Waals surface area contributed by atoms with Crippen LogP contribution in [-0.4, -0.2) is 53.1 Å². The molecule has 1 aliphatic rings. The normalized spacial score (nSPS) is 26.9. The molecule has 0 spiro atoms. The molecular weight excluding hydrogens is 408 g/mol. The average molecular weight is 443 g/mol. The summed E-state index contributed by atoms with van der Waals surface area (Å²) in [7, 11) is 0. The van der Waals surface area contributed by atoms with Crippen molar-refractivity contribution in [2.45, 2.75) is 44.6 Å². The standard InChI is InChI=1S/C26H34O6/c1-2-20(15-27)13-14-26(29)25(28)24(31-17-22-11-7-4-8-12-22)23(19-32-26)18-30-16-21-9-5-3-6-10-21/h3-14,20,23-25,27-29H,2,15-19H2,1H3/b14-13+/t20-,23-,24-,25-,26-/m1/s1. The van der Waals surface area contributed by atoms with E-state index >= 15 is 0 Å². The third kappa shape index (κ3) is 6.72. The molecule has 1 heterocycles. The smallest absolute Gasteiger partial charge is 0.214 e. The Hall–Kier alpha value is -2.06. The van der Waals surface area contributed by atoms with Crippen molar-refractivity contribution >= 4 is 0 Å². The summed E-state index contributed by atoms with van der Waals surface area (Å²) in [5.74, 6) is -2.27. The van der Waals surface area contributed by atoms with E-state index in [9.17, 15) is 15.3 Å². The molecule has 0 bridgehead atoms. The van der Waals surface area contributed by atoms with Gasteiger partial charge in [0.2, 0.25) is 5.79 Å². The lowest BCUT2D eigenvalue weighted by Crippen LogP contribution is -2.59. The van der Waals surface area contributed by atoms with Gasteiger partial charge in [-0.15, -0.1) is 0 Å². The second-order valence-electron chi connectivity index (χ2n) is 8.24. The van der Waals surface area contributed by atoms with Gasteiger partial charge in [0.05, 0.1) is 32.5 Å². The number of hydrogen-bond acceptors (Lipinski definition) is 6. The molecule has 1 aliphatic heterocycles. The Morgan fingerprint density at radius 3 is 2.28 bits per heavy atom. The summed E-state index contributed by atoms with van der Waals surface area (Å²) >= 11 is 0. The molecule has 0 unspecified atom stereocenters. The monoisotopic (exact) mass is 442 g/mol. The Kier molecular flexibility index (Phi) is 9.41. The number of hydrogen-bond donors (Lipinski definition) is 3. The van der Waals surface area contributed by atoms with Gasteiger partial charge in [-0.25, -0.2) is 0 Å². The number of ether oxygens (including phenoxy) is 3. The molecule has 32 heavy (non-hydrogen) atoms. The summed E-state index contributed by atoms with van der Waals surface area (Å²) in [4.78, 5) is 0. The van der Waals surface area contributed by atoms with E-state index in [4.69, 9.17) is 14.2 Å². The van der Waals surface area contributed by atoms with Crippen LogP contribution in [-0.2, 0) is 27.4 Å². The fourth-order valence-corrected chi connectivity index (χ4v) is 3.70. The molecule has 3 N–H and O–H groups in total. The fraction of sp³-hybridized carbons (Fsp3) is 0.462. The first-order valence-electron chi connectivity index (χ1n) is 11.2. The molecule has 2 aromatic rings. The lowest BCUT2D eigenvalue weighted by Gasteiger charge is -2.43. The lowest BCUT2D eigenvalue weighted by atomic mass is 9.89. The SMILES string of the molecule is CC[C@H](/C=C/[C@@]1(O)OC[C@@H](COCc2ccccc2)[C@@H](OCc2ccccc2)[C@H]1O)CO. The van der Waals surface area contributed by atoms with Crippen LogP contribution in [0, 0.1) is 11.8 Å². The highest BCUT2D eigenvalue weighted by Gasteiger charge is 2.48. The van der Waals surface area contributed by atoms with Gasteiger partial charge in [0, 0.05) is 12.5 Å². The Balaban J connectivity index is 1.69. The number of aliphatic hydroxyl groups is 3. The Morgan fingerprint density at radius 1 is 1.06 bits per heavy atom. The minimum Gasteiger partial charge on any atom is -0.396 e. The maximum atomic E-state index is 11.0. The van der Waals surface area contributed by atoms with Crippen LogP contribution in [0.25, 0.3) is 0 Å². The van der Waals surface area contributed by atoms with E-state index in [1.54, 1.807) is 6.08 Å².